The van der Waals surface area contributed by atoms with Crippen LogP contribution >= 0.6 is 0 Å². The Morgan fingerprint density at radius 3 is 1.91 bits per heavy atom. The number of rotatable bonds is 4. The predicted octanol–water partition coefficient (Wildman–Crippen LogP) is -4.33. The van der Waals surface area contributed by atoms with Crippen molar-refractivity contribution in [3.63, 3.8) is 0 Å². The molecule has 2 fully saturated rings. The lowest BCUT2D eigenvalue weighted by Crippen LogP contribution is -2.64. The zero-order valence-electron chi connectivity index (χ0n) is 12.5. The molecular weight excluding hydrogens is 316 g/mol. The summed E-state index contributed by atoms with van der Waals surface area (Å²) in [5.74, 6) is 0. The van der Waals surface area contributed by atoms with Gasteiger partial charge in [-0.1, -0.05) is 0 Å². The molecule has 4 unspecified atom stereocenters. The van der Waals surface area contributed by atoms with E-state index in [1.54, 1.807) is 0 Å². The molecule has 2 rings (SSSR count). The molecule has 2 saturated heterocycles. The lowest BCUT2D eigenvalue weighted by molar-refractivity contribution is -0.341. The van der Waals surface area contributed by atoms with E-state index in [-0.39, 0.29) is 0 Å². The first-order chi connectivity index (χ1) is 10.8. The molecule has 0 amide bonds. The van der Waals surface area contributed by atoms with Gasteiger partial charge in [0.05, 0.1) is 19.3 Å². The fraction of sp³-hybridized carbons (Fsp3) is 1.00. The van der Waals surface area contributed by atoms with Gasteiger partial charge in [-0.05, 0) is 6.92 Å². The lowest BCUT2D eigenvalue weighted by atomic mass is 9.95. The van der Waals surface area contributed by atoms with E-state index >= 15 is 0 Å². The highest BCUT2D eigenvalue weighted by atomic mass is 16.7. The summed E-state index contributed by atoms with van der Waals surface area (Å²) in [5, 5.41) is 67.8. The van der Waals surface area contributed by atoms with Crippen molar-refractivity contribution in [1.82, 2.24) is 0 Å². The van der Waals surface area contributed by atoms with Crippen LogP contribution in [-0.4, -0.2) is 110 Å². The van der Waals surface area contributed by atoms with Gasteiger partial charge >= 0.3 is 0 Å². The molecule has 10 atom stereocenters. The smallest absolute Gasteiger partial charge is 0.187 e. The Balaban J connectivity index is 2.11. The van der Waals surface area contributed by atoms with Gasteiger partial charge in [-0.3, -0.25) is 0 Å². The Labute approximate surface area is 132 Å². The van der Waals surface area contributed by atoms with E-state index in [2.05, 4.69) is 0 Å². The second kappa shape index (κ2) is 7.66. The van der Waals surface area contributed by atoms with E-state index in [1.807, 2.05) is 0 Å². The van der Waals surface area contributed by atoms with Crippen LogP contribution in [-0.2, 0) is 14.2 Å². The Kier molecular flexibility index (Phi) is 6.30. The van der Waals surface area contributed by atoms with E-state index in [0.717, 1.165) is 0 Å². The van der Waals surface area contributed by atoms with Gasteiger partial charge < -0.3 is 50.0 Å². The molecule has 0 saturated carbocycles. The Morgan fingerprint density at radius 2 is 1.35 bits per heavy atom. The maximum atomic E-state index is 10.1. The van der Waals surface area contributed by atoms with Crippen molar-refractivity contribution in [2.45, 2.75) is 68.1 Å². The number of hydrogen-bond acceptors (Lipinski definition) is 10. The molecule has 23 heavy (non-hydrogen) atoms. The van der Waals surface area contributed by atoms with Crippen molar-refractivity contribution in [3.8, 4) is 0 Å². The lowest BCUT2D eigenvalue weighted by Gasteiger charge is -2.45. The fourth-order valence-electron chi connectivity index (χ4n) is 2.78. The Morgan fingerprint density at radius 1 is 0.739 bits per heavy atom. The maximum absolute atomic E-state index is 10.1. The number of aliphatic hydroxyl groups excluding tert-OH is 7. The van der Waals surface area contributed by atoms with Gasteiger partial charge in [-0.15, -0.1) is 0 Å². The molecule has 2 aliphatic rings. The summed E-state index contributed by atoms with van der Waals surface area (Å²) in [6.07, 6.45) is -13.2. The molecule has 0 aliphatic carbocycles. The molecular formula is C13H24O10. The molecule has 10 nitrogen and oxygen atoms in total. The average Bonchev–Trinajstić information content (AvgIpc) is 2.55. The summed E-state index contributed by atoms with van der Waals surface area (Å²) in [5.41, 5.74) is 0. The Bertz CT molecular complexity index is 378. The molecule has 136 valence electrons. The SMILES string of the molecule is C[C@@H]1OC(CO)[C@H](O[C@@H]2OC(CO)[C@H](O)[C@H](O)C2O)C(O)[C@@H]1O. The van der Waals surface area contributed by atoms with Gasteiger partial charge in [0.15, 0.2) is 6.29 Å². The normalized spacial score (nSPS) is 51.7. The van der Waals surface area contributed by atoms with Crippen molar-refractivity contribution in [2.24, 2.45) is 0 Å². The van der Waals surface area contributed by atoms with Crippen LogP contribution in [0.5, 0.6) is 0 Å². The average molecular weight is 340 g/mol. The summed E-state index contributed by atoms with van der Waals surface area (Å²) in [6, 6.07) is 0. The topological polar surface area (TPSA) is 169 Å². The minimum Gasteiger partial charge on any atom is -0.394 e. The van der Waals surface area contributed by atoms with Crippen LogP contribution in [0, 0.1) is 0 Å². The van der Waals surface area contributed by atoms with E-state index in [4.69, 9.17) is 19.3 Å². The van der Waals surface area contributed by atoms with Crippen LogP contribution in [0.1, 0.15) is 6.92 Å². The first-order valence-corrected chi connectivity index (χ1v) is 7.40. The second-order valence-electron chi connectivity index (χ2n) is 5.84. The van der Waals surface area contributed by atoms with Gasteiger partial charge in [-0.25, -0.2) is 0 Å². The number of aliphatic hydroxyl groups is 7. The minimum atomic E-state index is -1.66. The highest BCUT2D eigenvalue weighted by Gasteiger charge is 2.49. The van der Waals surface area contributed by atoms with Crippen LogP contribution in [0.2, 0.25) is 0 Å². The molecule has 0 radical (unpaired) electrons. The number of hydrogen-bond donors (Lipinski definition) is 7. The second-order valence-corrected chi connectivity index (χ2v) is 5.84. The molecule has 2 heterocycles. The molecule has 0 aromatic carbocycles. The van der Waals surface area contributed by atoms with E-state index < -0.39 is 74.4 Å². The highest BCUT2D eigenvalue weighted by Crippen LogP contribution is 2.28. The van der Waals surface area contributed by atoms with Crippen LogP contribution in [0.3, 0.4) is 0 Å². The van der Waals surface area contributed by atoms with E-state index in [0.29, 0.717) is 0 Å². The number of ether oxygens (including phenoxy) is 3. The summed E-state index contributed by atoms with van der Waals surface area (Å²) in [6.45, 7) is 0.369. The third kappa shape index (κ3) is 3.66. The predicted molar refractivity (Wildman–Crippen MR) is 72.1 cm³/mol. The van der Waals surface area contributed by atoms with Crippen molar-refractivity contribution < 1.29 is 50.0 Å². The van der Waals surface area contributed by atoms with Crippen molar-refractivity contribution in [2.75, 3.05) is 13.2 Å². The molecule has 0 bridgehead atoms. The molecule has 0 aromatic rings. The summed E-state index contributed by atoms with van der Waals surface area (Å²) >= 11 is 0. The monoisotopic (exact) mass is 340 g/mol. The van der Waals surface area contributed by atoms with Crippen LogP contribution < -0.4 is 0 Å². The zero-order chi connectivity index (χ0) is 17.3. The quantitative estimate of drug-likeness (QED) is 0.265. The highest BCUT2D eigenvalue weighted by molar-refractivity contribution is 4.94. The molecule has 2 aliphatic heterocycles. The third-order valence-corrected chi connectivity index (χ3v) is 4.24. The zero-order valence-corrected chi connectivity index (χ0v) is 12.5. The van der Waals surface area contributed by atoms with E-state index in [1.165, 1.54) is 6.92 Å². The van der Waals surface area contributed by atoms with Gasteiger partial charge in [0.2, 0.25) is 0 Å². The largest absolute Gasteiger partial charge is 0.394 e. The summed E-state index contributed by atoms with van der Waals surface area (Å²) in [4.78, 5) is 0. The van der Waals surface area contributed by atoms with Gasteiger partial charge in [0, 0.05) is 0 Å². The Hall–Kier alpha value is -0.400. The maximum Gasteiger partial charge on any atom is 0.187 e. The van der Waals surface area contributed by atoms with Gasteiger partial charge in [0.1, 0.15) is 48.8 Å². The minimum absolute atomic E-state index is 0.518. The van der Waals surface area contributed by atoms with Crippen LogP contribution in [0.4, 0.5) is 0 Å². The van der Waals surface area contributed by atoms with E-state index in [9.17, 15) is 30.6 Å². The van der Waals surface area contributed by atoms with Gasteiger partial charge in [-0.2, -0.15) is 0 Å². The van der Waals surface area contributed by atoms with Crippen molar-refractivity contribution in [3.05, 3.63) is 0 Å². The molecule has 0 spiro atoms. The standard InChI is InChI=1S/C13H24O10/c1-4-7(16)10(19)12(6(3-15)21-4)23-13-11(20)9(18)8(17)5(2-14)22-13/h4-20H,2-3H2,1H3/t4-,5?,6?,7+,8-,9-,10?,11?,12-,13-/m0/s1. The third-order valence-electron chi connectivity index (χ3n) is 4.24. The summed E-state index contributed by atoms with van der Waals surface area (Å²) < 4.78 is 15.9. The van der Waals surface area contributed by atoms with Crippen molar-refractivity contribution in [1.29, 1.82) is 0 Å². The molecule has 7 N–H and O–H groups in total. The summed E-state index contributed by atoms with van der Waals surface area (Å²) in [7, 11) is 0. The van der Waals surface area contributed by atoms with Crippen LogP contribution in [0.15, 0.2) is 0 Å². The first kappa shape index (κ1) is 18.9. The fourth-order valence-corrected chi connectivity index (χ4v) is 2.78. The molecule has 10 heteroatoms. The van der Waals surface area contributed by atoms with Crippen molar-refractivity contribution >= 4 is 0 Å². The van der Waals surface area contributed by atoms with Gasteiger partial charge in [0.25, 0.3) is 0 Å². The molecule has 0 aromatic heterocycles. The first-order valence-electron chi connectivity index (χ1n) is 7.40. The van der Waals surface area contributed by atoms with Crippen LogP contribution in [0.25, 0.3) is 0 Å².